The SMILES string of the molecule is CCc1cccc(CC)c1N.Cl.O=S(=O)(O)c1cc2c(N3CCNCC3)nccc2s1. The monoisotopic (exact) mass is 484 g/mol. The van der Waals surface area contributed by atoms with Crippen molar-refractivity contribution in [2.75, 3.05) is 36.8 Å². The first-order valence-corrected chi connectivity index (χ1v) is 12.3. The van der Waals surface area contributed by atoms with Gasteiger partial charge in [-0.1, -0.05) is 32.0 Å². The average molecular weight is 485 g/mol. The number of nitrogen functional groups attached to an aromatic ring is 1. The van der Waals surface area contributed by atoms with E-state index in [1.165, 1.54) is 17.2 Å². The molecule has 0 amide bonds. The molecule has 0 atom stereocenters. The van der Waals surface area contributed by atoms with E-state index in [4.69, 9.17) is 10.3 Å². The molecule has 3 aromatic rings. The van der Waals surface area contributed by atoms with Crippen LogP contribution in [0.3, 0.4) is 0 Å². The zero-order chi connectivity index (χ0) is 21.7. The highest BCUT2D eigenvalue weighted by atomic mass is 35.5. The molecule has 10 heteroatoms. The normalized spacial score (nSPS) is 14.0. The second kappa shape index (κ2) is 11.1. The Balaban J connectivity index is 0.000000245. The van der Waals surface area contributed by atoms with Gasteiger partial charge in [0, 0.05) is 48.1 Å². The third-order valence-corrected chi connectivity index (χ3v) is 7.52. The van der Waals surface area contributed by atoms with E-state index in [0.29, 0.717) is 0 Å². The van der Waals surface area contributed by atoms with Gasteiger partial charge in [0.1, 0.15) is 10.0 Å². The minimum atomic E-state index is -4.15. The van der Waals surface area contributed by atoms with Crippen LogP contribution in [0.1, 0.15) is 25.0 Å². The molecular weight excluding hydrogens is 456 g/mol. The summed E-state index contributed by atoms with van der Waals surface area (Å²) < 4.78 is 32.3. The summed E-state index contributed by atoms with van der Waals surface area (Å²) in [6.45, 7) is 7.70. The fourth-order valence-corrected chi connectivity index (χ4v) is 5.20. The first-order valence-electron chi connectivity index (χ1n) is 10.0. The van der Waals surface area contributed by atoms with Gasteiger partial charge in [-0.3, -0.25) is 4.55 Å². The van der Waals surface area contributed by atoms with Gasteiger partial charge in [-0.2, -0.15) is 8.42 Å². The average Bonchev–Trinajstić information content (AvgIpc) is 3.20. The Hall–Kier alpha value is -1.91. The van der Waals surface area contributed by atoms with Gasteiger partial charge in [-0.25, -0.2) is 4.98 Å². The van der Waals surface area contributed by atoms with Gasteiger partial charge >= 0.3 is 10.1 Å². The van der Waals surface area contributed by atoms with Crippen molar-refractivity contribution < 1.29 is 13.0 Å². The van der Waals surface area contributed by atoms with Gasteiger partial charge in [0.25, 0.3) is 0 Å². The fourth-order valence-electron chi connectivity index (χ4n) is 3.46. The molecule has 1 aliphatic rings. The number of nitrogens with one attached hydrogen (secondary N) is 1. The van der Waals surface area contributed by atoms with Gasteiger partial charge in [-0.15, -0.1) is 23.7 Å². The number of hydrogen-bond acceptors (Lipinski definition) is 7. The molecule has 0 saturated carbocycles. The minimum Gasteiger partial charge on any atom is -0.398 e. The van der Waals surface area contributed by atoms with Gasteiger partial charge in [0.2, 0.25) is 0 Å². The number of pyridine rings is 1. The van der Waals surface area contributed by atoms with Gasteiger partial charge in [-0.05, 0) is 36.1 Å². The Morgan fingerprint density at radius 3 is 2.32 bits per heavy atom. The summed E-state index contributed by atoms with van der Waals surface area (Å²) >= 11 is 1.06. The maximum absolute atomic E-state index is 11.2. The van der Waals surface area contributed by atoms with Crippen molar-refractivity contribution in [2.24, 2.45) is 0 Å². The molecule has 0 radical (unpaired) electrons. The van der Waals surface area contributed by atoms with Crippen molar-refractivity contribution in [2.45, 2.75) is 30.9 Å². The lowest BCUT2D eigenvalue weighted by Crippen LogP contribution is -2.43. The van der Waals surface area contributed by atoms with E-state index < -0.39 is 10.1 Å². The molecule has 3 heterocycles. The predicted molar refractivity (Wildman–Crippen MR) is 131 cm³/mol. The minimum absolute atomic E-state index is 0. The number of piperazine rings is 1. The van der Waals surface area contributed by atoms with Crippen molar-refractivity contribution in [3.05, 3.63) is 47.7 Å². The summed E-state index contributed by atoms with van der Waals surface area (Å²) in [7, 11) is -4.15. The van der Waals surface area contributed by atoms with Gasteiger partial charge < -0.3 is 16.0 Å². The number of hydrogen-bond donors (Lipinski definition) is 3. The number of fused-ring (bicyclic) bond motifs is 1. The predicted octanol–water partition coefficient (Wildman–Crippen LogP) is 3.77. The number of aryl methyl sites for hydroxylation is 2. The number of nitrogens with zero attached hydrogens (tertiary/aromatic N) is 2. The summed E-state index contributed by atoms with van der Waals surface area (Å²) in [5, 5.41) is 4.04. The second-order valence-electron chi connectivity index (χ2n) is 7.02. The molecule has 0 unspecified atom stereocenters. The third kappa shape index (κ3) is 6.08. The molecule has 0 spiro atoms. The number of anilines is 2. The van der Waals surface area contributed by atoms with E-state index in [-0.39, 0.29) is 16.6 Å². The van der Waals surface area contributed by atoms with Crippen LogP contribution in [0.2, 0.25) is 0 Å². The summed E-state index contributed by atoms with van der Waals surface area (Å²) in [5.41, 5.74) is 9.42. The number of thiophene rings is 1. The van der Waals surface area contributed by atoms with Crippen LogP contribution >= 0.6 is 23.7 Å². The van der Waals surface area contributed by atoms with Crippen LogP contribution in [0.15, 0.2) is 40.7 Å². The Morgan fingerprint density at radius 1 is 1.16 bits per heavy atom. The van der Waals surface area contributed by atoms with Crippen LogP contribution in [0, 0.1) is 0 Å². The zero-order valence-electron chi connectivity index (χ0n) is 17.7. The van der Waals surface area contributed by atoms with Crippen molar-refractivity contribution in [3.8, 4) is 0 Å². The molecule has 1 fully saturated rings. The van der Waals surface area contributed by atoms with Crippen LogP contribution in [-0.4, -0.2) is 44.1 Å². The van der Waals surface area contributed by atoms with Crippen LogP contribution in [0.4, 0.5) is 11.5 Å². The van der Waals surface area contributed by atoms with E-state index in [0.717, 1.165) is 71.9 Å². The second-order valence-corrected chi connectivity index (χ2v) is 9.75. The summed E-state index contributed by atoms with van der Waals surface area (Å²) in [6.07, 6.45) is 3.73. The quantitative estimate of drug-likeness (QED) is 0.382. The Labute approximate surface area is 193 Å². The highest BCUT2D eigenvalue weighted by Crippen LogP contribution is 2.34. The standard InChI is InChI=1S/C11H13N3O3S2.C10H15N.ClH/c15-19(16,17)10-7-8-9(18-10)1-2-13-11(8)14-5-3-12-4-6-14;1-3-8-6-5-7-9(4-2)10(8)11;/h1-2,7,12H,3-6H2,(H,15,16,17);5-7H,3-4,11H2,1-2H3;1H. The Bertz CT molecular complexity index is 1090. The highest BCUT2D eigenvalue weighted by molar-refractivity contribution is 7.88. The number of benzene rings is 1. The zero-order valence-corrected chi connectivity index (χ0v) is 20.1. The first-order chi connectivity index (χ1) is 14.3. The smallest absolute Gasteiger partial charge is 0.304 e. The number of nitrogens with two attached hydrogens (primary N) is 1. The number of aromatic nitrogens is 1. The fraction of sp³-hybridized carbons (Fsp3) is 0.381. The van der Waals surface area contributed by atoms with E-state index in [1.807, 2.05) is 0 Å². The van der Waals surface area contributed by atoms with Crippen LogP contribution in [0.25, 0.3) is 10.1 Å². The molecule has 170 valence electrons. The largest absolute Gasteiger partial charge is 0.398 e. The molecule has 4 rings (SSSR count). The molecule has 31 heavy (non-hydrogen) atoms. The van der Waals surface area contributed by atoms with Gasteiger partial charge in [0.15, 0.2) is 0 Å². The molecule has 2 aromatic heterocycles. The van der Waals surface area contributed by atoms with E-state index in [1.54, 1.807) is 12.3 Å². The lowest BCUT2D eigenvalue weighted by atomic mass is 10.0. The highest BCUT2D eigenvalue weighted by Gasteiger charge is 2.19. The molecule has 4 N–H and O–H groups in total. The van der Waals surface area contributed by atoms with E-state index >= 15 is 0 Å². The molecule has 0 aliphatic carbocycles. The molecule has 7 nitrogen and oxygen atoms in total. The Kier molecular flexibility index (Phi) is 9.08. The third-order valence-electron chi connectivity index (χ3n) is 5.12. The summed E-state index contributed by atoms with van der Waals surface area (Å²) in [5.74, 6) is 0.783. The number of rotatable bonds is 4. The molecule has 0 bridgehead atoms. The first kappa shape index (κ1) is 25.4. The lowest BCUT2D eigenvalue weighted by molar-refractivity contribution is 0.485. The van der Waals surface area contributed by atoms with Crippen molar-refractivity contribution >= 4 is 55.5 Å². The van der Waals surface area contributed by atoms with Crippen molar-refractivity contribution in [1.82, 2.24) is 10.3 Å². The summed E-state index contributed by atoms with van der Waals surface area (Å²) in [6, 6.07) is 9.52. The van der Waals surface area contributed by atoms with Gasteiger partial charge in [0.05, 0.1) is 0 Å². The van der Waals surface area contributed by atoms with Crippen LogP contribution in [-0.2, 0) is 23.0 Å². The maximum Gasteiger partial charge on any atom is 0.304 e. The van der Waals surface area contributed by atoms with Crippen molar-refractivity contribution in [3.63, 3.8) is 0 Å². The lowest BCUT2D eigenvalue weighted by Gasteiger charge is -2.28. The van der Waals surface area contributed by atoms with Crippen LogP contribution < -0.4 is 16.0 Å². The molecular formula is C21H29ClN4O3S2. The van der Waals surface area contributed by atoms with E-state index in [9.17, 15) is 8.42 Å². The molecule has 1 aliphatic heterocycles. The Morgan fingerprint density at radius 2 is 1.77 bits per heavy atom. The topological polar surface area (TPSA) is 109 Å². The van der Waals surface area contributed by atoms with E-state index in [2.05, 4.69) is 47.2 Å². The molecule has 1 aromatic carbocycles. The molecule has 1 saturated heterocycles. The number of halogens is 1. The summed E-state index contributed by atoms with van der Waals surface area (Å²) in [4.78, 5) is 6.48. The van der Waals surface area contributed by atoms with Crippen LogP contribution in [0.5, 0.6) is 0 Å². The maximum atomic E-state index is 11.2. The number of para-hydroxylation sites is 1. The van der Waals surface area contributed by atoms with Crippen molar-refractivity contribution in [1.29, 1.82) is 0 Å².